The highest BCUT2D eigenvalue weighted by molar-refractivity contribution is 7.98. The number of aliphatic hydroxyl groups excluding tert-OH is 1. The number of hydrogen-bond acceptors (Lipinski definition) is 5. The minimum Gasteiger partial charge on any atom is -0.480 e. The summed E-state index contributed by atoms with van der Waals surface area (Å²) in [6, 6.07) is 2.28. The van der Waals surface area contributed by atoms with E-state index < -0.39 is 24.0 Å². The summed E-state index contributed by atoms with van der Waals surface area (Å²) in [5, 5.41) is 19.2. The van der Waals surface area contributed by atoms with Gasteiger partial charge in [-0.1, -0.05) is 0 Å². The molecule has 2 heterocycles. The molecule has 1 aromatic heterocycles. The van der Waals surface area contributed by atoms with Gasteiger partial charge in [-0.2, -0.15) is 0 Å². The van der Waals surface area contributed by atoms with Gasteiger partial charge in [0.25, 0.3) is 5.91 Å². The minimum absolute atomic E-state index is 0.0402. The number of amides is 1. The van der Waals surface area contributed by atoms with Gasteiger partial charge >= 0.3 is 5.97 Å². The molecule has 2 atom stereocenters. The SMILES string of the molecule is CSc1ncccc1C(=O)N1CC(O)C[C@H]1C(=O)O. The molecule has 0 aliphatic carbocycles. The van der Waals surface area contributed by atoms with Crippen LogP contribution < -0.4 is 0 Å². The maximum absolute atomic E-state index is 12.4. The van der Waals surface area contributed by atoms with Crippen LogP contribution in [0.5, 0.6) is 0 Å². The van der Waals surface area contributed by atoms with Gasteiger partial charge in [0.05, 0.1) is 11.7 Å². The molecule has 2 N–H and O–H groups in total. The first-order chi connectivity index (χ1) is 9.04. The van der Waals surface area contributed by atoms with Gasteiger partial charge in [0.1, 0.15) is 11.1 Å². The van der Waals surface area contributed by atoms with Crippen LogP contribution in [0.4, 0.5) is 0 Å². The Morgan fingerprint density at radius 2 is 2.26 bits per heavy atom. The molecule has 19 heavy (non-hydrogen) atoms. The molecule has 2 rings (SSSR count). The second-order valence-corrected chi connectivity index (χ2v) is 5.06. The zero-order valence-electron chi connectivity index (χ0n) is 10.3. The van der Waals surface area contributed by atoms with Crippen LogP contribution in [0.2, 0.25) is 0 Å². The Hall–Kier alpha value is -1.60. The Kier molecular flexibility index (Phi) is 4.06. The standard InChI is InChI=1S/C12H14N2O4S/c1-19-10-8(3-2-4-13-10)11(16)14-6-7(15)5-9(14)12(17)18/h2-4,7,9,15H,5-6H2,1H3,(H,17,18)/t7?,9-/m0/s1. The molecule has 1 amide bonds. The highest BCUT2D eigenvalue weighted by Crippen LogP contribution is 2.24. The summed E-state index contributed by atoms with van der Waals surface area (Å²) < 4.78 is 0. The lowest BCUT2D eigenvalue weighted by molar-refractivity contribution is -0.141. The molecule has 0 saturated carbocycles. The van der Waals surface area contributed by atoms with Crippen LogP contribution in [0.25, 0.3) is 0 Å². The topological polar surface area (TPSA) is 90.7 Å². The number of carboxylic acids is 1. The number of aliphatic carboxylic acids is 1. The van der Waals surface area contributed by atoms with E-state index in [2.05, 4.69) is 4.98 Å². The summed E-state index contributed by atoms with van der Waals surface area (Å²) in [5.41, 5.74) is 0.371. The predicted molar refractivity (Wildman–Crippen MR) is 69.1 cm³/mol. The van der Waals surface area contributed by atoms with Crippen molar-refractivity contribution in [2.45, 2.75) is 23.6 Å². The van der Waals surface area contributed by atoms with Crippen LogP contribution in [0.15, 0.2) is 23.4 Å². The summed E-state index contributed by atoms with van der Waals surface area (Å²) in [6.45, 7) is 0.0402. The first-order valence-electron chi connectivity index (χ1n) is 5.75. The summed E-state index contributed by atoms with van der Waals surface area (Å²) in [5.74, 6) is -1.50. The van der Waals surface area contributed by atoms with Crippen molar-refractivity contribution in [1.82, 2.24) is 9.88 Å². The molecule has 102 valence electrons. The number of nitrogens with zero attached hydrogens (tertiary/aromatic N) is 2. The van der Waals surface area contributed by atoms with Crippen LogP contribution in [-0.2, 0) is 4.79 Å². The van der Waals surface area contributed by atoms with Crippen LogP contribution in [0.3, 0.4) is 0 Å². The number of aromatic nitrogens is 1. The van der Waals surface area contributed by atoms with Gasteiger partial charge < -0.3 is 15.1 Å². The third-order valence-corrected chi connectivity index (χ3v) is 3.73. The number of hydrogen-bond donors (Lipinski definition) is 2. The van der Waals surface area contributed by atoms with Crippen molar-refractivity contribution in [2.75, 3.05) is 12.8 Å². The van der Waals surface area contributed by atoms with Gasteiger partial charge in [-0.25, -0.2) is 9.78 Å². The average molecular weight is 282 g/mol. The third kappa shape index (κ3) is 2.71. The monoisotopic (exact) mass is 282 g/mol. The molecule has 0 radical (unpaired) electrons. The van der Waals surface area contributed by atoms with E-state index in [4.69, 9.17) is 5.11 Å². The Bertz CT molecular complexity index is 508. The van der Waals surface area contributed by atoms with Gasteiger partial charge in [0, 0.05) is 19.2 Å². The number of rotatable bonds is 3. The van der Waals surface area contributed by atoms with Crippen molar-refractivity contribution in [3.8, 4) is 0 Å². The molecule has 0 spiro atoms. The van der Waals surface area contributed by atoms with Crippen molar-refractivity contribution in [3.63, 3.8) is 0 Å². The van der Waals surface area contributed by atoms with Gasteiger partial charge in [0.15, 0.2) is 0 Å². The van der Waals surface area contributed by atoms with Crippen LogP contribution in [-0.4, -0.2) is 56.9 Å². The maximum Gasteiger partial charge on any atom is 0.326 e. The van der Waals surface area contributed by atoms with E-state index in [1.54, 1.807) is 24.6 Å². The van der Waals surface area contributed by atoms with Gasteiger partial charge in [0.2, 0.25) is 0 Å². The zero-order valence-corrected chi connectivity index (χ0v) is 11.1. The maximum atomic E-state index is 12.4. The number of likely N-dealkylation sites (tertiary alicyclic amines) is 1. The first kappa shape index (κ1) is 13.8. The molecule has 1 unspecified atom stereocenters. The molecule has 6 nitrogen and oxygen atoms in total. The van der Waals surface area contributed by atoms with Crippen LogP contribution in [0, 0.1) is 0 Å². The molecule has 1 aliphatic rings. The van der Waals surface area contributed by atoms with Crippen molar-refractivity contribution in [2.24, 2.45) is 0 Å². The smallest absolute Gasteiger partial charge is 0.326 e. The lowest BCUT2D eigenvalue weighted by Crippen LogP contribution is -2.40. The summed E-state index contributed by atoms with van der Waals surface area (Å²) >= 11 is 1.32. The fraction of sp³-hybridized carbons (Fsp3) is 0.417. The van der Waals surface area contributed by atoms with E-state index >= 15 is 0 Å². The lowest BCUT2D eigenvalue weighted by atomic mass is 10.2. The van der Waals surface area contributed by atoms with Crippen molar-refractivity contribution in [3.05, 3.63) is 23.9 Å². The molecule has 1 fully saturated rings. The fourth-order valence-corrected chi connectivity index (χ4v) is 2.68. The molecular weight excluding hydrogens is 268 g/mol. The molecule has 1 aliphatic heterocycles. The lowest BCUT2D eigenvalue weighted by Gasteiger charge is -2.21. The van der Waals surface area contributed by atoms with E-state index in [1.807, 2.05) is 0 Å². The number of carboxylic acid groups (broad SMARTS) is 1. The average Bonchev–Trinajstić information content (AvgIpc) is 2.80. The molecule has 1 aromatic rings. The highest BCUT2D eigenvalue weighted by Gasteiger charge is 2.39. The predicted octanol–water partition coefficient (Wildman–Crippen LogP) is 0.463. The van der Waals surface area contributed by atoms with Crippen molar-refractivity contribution >= 4 is 23.6 Å². The number of thioether (sulfide) groups is 1. The summed E-state index contributed by atoms with van der Waals surface area (Å²) in [7, 11) is 0. The van der Waals surface area contributed by atoms with E-state index in [-0.39, 0.29) is 13.0 Å². The van der Waals surface area contributed by atoms with Crippen LogP contribution in [0.1, 0.15) is 16.8 Å². The normalized spacial score (nSPS) is 22.5. The van der Waals surface area contributed by atoms with Crippen LogP contribution >= 0.6 is 11.8 Å². The molecule has 0 aromatic carbocycles. The van der Waals surface area contributed by atoms with E-state index in [9.17, 15) is 14.7 Å². The Labute approximate surface area is 114 Å². The fourth-order valence-electron chi connectivity index (χ4n) is 2.14. The van der Waals surface area contributed by atoms with Crippen molar-refractivity contribution in [1.29, 1.82) is 0 Å². The molecular formula is C12H14N2O4S. The number of carbonyl (C=O) groups is 2. The number of pyridine rings is 1. The van der Waals surface area contributed by atoms with Gasteiger partial charge in [-0.3, -0.25) is 4.79 Å². The molecule has 0 bridgehead atoms. The van der Waals surface area contributed by atoms with E-state index in [1.165, 1.54) is 16.7 Å². The quantitative estimate of drug-likeness (QED) is 0.783. The van der Waals surface area contributed by atoms with Gasteiger partial charge in [-0.15, -0.1) is 11.8 Å². The number of β-amino-alcohol motifs (C(OH)–C–C–N with tert-alkyl or cyclic N) is 1. The summed E-state index contributed by atoms with van der Waals surface area (Å²) in [6.07, 6.45) is 2.65. The Morgan fingerprint density at radius 3 is 2.89 bits per heavy atom. The first-order valence-corrected chi connectivity index (χ1v) is 6.98. The second-order valence-electron chi connectivity index (χ2n) is 4.26. The zero-order chi connectivity index (χ0) is 14.0. The third-order valence-electron chi connectivity index (χ3n) is 3.02. The Morgan fingerprint density at radius 1 is 1.53 bits per heavy atom. The summed E-state index contributed by atoms with van der Waals surface area (Å²) in [4.78, 5) is 28.8. The second kappa shape index (κ2) is 5.58. The Balaban J connectivity index is 2.30. The minimum atomic E-state index is -1.10. The van der Waals surface area contributed by atoms with Gasteiger partial charge in [-0.05, 0) is 18.4 Å². The van der Waals surface area contributed by atoms with E-state index in [0.29, 0.717) is 10.6 Å². The van der Waals surface area contributed by atoms with Crippen molar-refractivity contribution < 1.29 is 19.8 Å². The largest absolute Gasteiger partial charge is 0.480 e. The molecule has 1 saturated heterocycles. The number of aliphatic hydroxyl groups is 1. The number of carbonyl (C=O) groups excluding carboxylic acids is 1. The molecule has 7 heteroatoms. The highest BCUT2D eigenvalue weighted by atomic mass is 32.2. The van der Waals surface area contributed by atoms with E-state index in [0.717, 1.165) is 0 Å².